The smallest absolute Gasteiger partial charge is 0.177 e. The Kier molecular flexibility index (Phi) is 5.22. The van der Waals surface area contributed by atoms with Crippen LogP contribution >= 0.6 is 38.5 Å². The molecule has 0 fully saturated rings. The minimum Gasteiger partial charge on any atom is -0.492 e. The Bertz CT molecular complexity index is 454. The van der Waals surface area contributed by atoms with E-state index in [-0.39, 0.29) is 11.1 Å². The lowest BCUT2D eigenvalue weighted by Crippen LogP contribution is -2.07. The first kappa shape index (κ1) is 13.5. The molecule has 0 aliphatic rings. The number of alkyl halides is 1. The van der Waals surface area contributed by atoms with Gasteiger partial charge in [-0.25, -0.2) is 0 Å². The fourth-order valence-electron chi connectivity index (χ4n) is 1.26. The molecule has 0 spiro atoms. The Morgan fingerprint density at radius 3 is 2.81 bits per heavy atom. The molecular weight excluding hydrogens is 385 g/mol. The summed E-state index contributed by atoms with van der Waals surface area (Å²) in [7, 11) is 0. The topological polar surface area (TPSA) is 50.1 Å². The highest BCUT2D eigenvalue weighted by atomic mass is 127. The highest BCUT2D eigenvalue weighted by molar-refractivity contribution is 14.1. The van der Waals surface area contributed by atoms with Gasteiger partial charge in [-0.2, -0.15) is 5.26 Å². The number of carbonyl (C=O) groups excluding carboxylic acids is 1. The van der Waals surface area contributed by atoms with Crippen LogP contribution in [0.5, 0.6) is 5.75 Å². The Balaban J connectivity index is 3.39. The number of nitriles is 1. The zero-order chi connectivity index (χ0) is 12.1. The molecule has 16 heavy (non-hydrogen) atoms. The van der Waals surface area contributed by atoms with Gasteiger partial charge in [-0.1, -0.05) is 15.9 Å². The minimum absolute atomic E-state index is 0.0848. The molecule has 0 amide bonds. The third-order valence-corrected chi connectivity index (χ3v) is 3.02. The number of Topliss-reactive ketones (excluding diaryl/α,β-unsaturated/α-hetero) is 1. The van der Waals surface area contributed by atoms with E-state index < -0.39 is 0 Å². The number of benzene rings is 1. The molecule has 0 saturated heterocycles. The van der Waals surface area contributed by atoms with Crippen molar-refractivity contribution in [1.82, 2.24) is 0 Å². The second-order valence-corrected chi connectivity index (χ2v) is 4.74. The molecule has 0 unspecified atom stereocenters. The number of ketones is 1. The molecule has 0 aliphatic heterocycles. The van der Waals surface area contributed by atoms with E-state index in [4.69, 9.17) is 10.00 Å². The molecule has 1 rings (SSSR count). The quantitative estimate of drug-likeness (QED) is 0.448. The number of hydrogen-bond donors (Lipinski definition) is 0. The van der Waals surface area contributed by atoms with Crippen LogP contribution < -0.4 is 4.74 Å². The maximum absolute atomic E-state index is 11.7. The largest absolute Gasteiger partial charge is 0.492 e. The summed E-state index contributed by atoms with van der Waals surface area (Å²) in [5, 5.41) is 9.21. The minimum atomic E-state index is -0.0848. The van der Waals surface area contributed by atoms with Gasteiger partial charge >= 0.3 is 0 Å². The van der Waals surface area contributed by atoms with Crippen molar-refractivity contribution >= 4 is 44.3 Å². The summed E-state index contributed by atoms with van der Waals surface area (Å²) in [6, 6.07) is 5.48. The molecule has 1 aromatic carbocycles. The monoisotopic (exact) mass is 393 g/mol. The van der Waals surface area contributed by atoms with Gasteiger partial charge in [-0.3, -0.25) is 4.79 Å². The van der Waals surface area contributed by atoms with Crippen molar-refractivity contribution in [3.8, 4) is 11.8 Å². The average Bonchev–Trinajstić information content (AvgIpc) is 2.29. The van der Waals surface area contributed by atoms with Crippen LogP contribution in [0.4, 0.5) is 0 Å². The molecule has 0 N–H and O–H groups in total. The maximum Gasteiger partial charge on any atom is 0.177 e. The second-order valence-electron chi connectivity index (χ2n) is 2.93. The number of rotatable bonds is 4. The standard InChI is InChI=1S/C11H9BrINO2/c1-2-16-11-7(6-14)3-8(13)4-9(11)10(15)5-12/h3-4H,2,5H2,1H3. The predicted octanol–water partition coefficient (Wildman–Crippen LogP) is 3.14. The molecule has 0 heterocycles. The van der Waals surface area contributed by atoms with Crippen LogP contribution in [0.3, 0.4) is 0 Å². The number of halogens is 2. The van der Waals surface area contributed by atoms with E-state index in [1.54, 1.807) is 12.1 Å². The van der Waals surface area contributed by atoms with Crippen LogP contribution in [-0.4, -0.2) is 17.7 Å². The van der Waals surface area contributed by atoms with Crippen LogP contribution in [0.15, 0.2) is 12.1 Å². The summed E-state index contributed by atoms with van der Waals surface area (Å²) in [6.07, 6.45) is 0. The highest BCUT2D eigenvalue weighted by Crippen LogP contribution is 2.27. The third-order valence-electron chi connectivity index (χ3n) is 1.88. The highest BCUT2D eigenvalue weighted by Gasteiger charge is 2.16. The van der Waals surface area contributed by atoms with Crippen molar-refractivity contribution in [3.63, 3.8) is 0 Å². The second kappa shape index (κ2) is 6.21. The summed E-state index contributed by atoms with van der Waals surface area (Å²) in [4.78, 5) is 11.7. The van der Waals surface area contributed by atoms with Crippen molar-refractivity contribution in [2.24, 2.45) is 0 Å². The van der Waals surface area contributed by atoms with Crippen molar-refractivity contribution in [2.45, 2.75) is 6.92 Å². The molecule has 0 saturated carbocycles. The number of hydrogen-bond acceptors (Lipinski definition) is 3. The Labute approximate surface area is 116 Å². The molecule has 84 valence electrons. The van der Waals surface area contributed by atoms with Gasteiger partial charge in [0.15, 0.2) is 5.78 Å². The van der Waals surface area contributed by atoms with Crippen LogP contribution in [0.1, 0.15) is 22.8 Å². The van der Waals surface area contributed by atoms with Gasteiger partial charge in [0.1, 0.15) is 11.8 Å². The van der Waals surface area contributed by atoms with E-state index in [2.05, 4.69) is 38.5 Å². The molecular formula is C11H9BrINO2. The van der Waals surface area contributed by atoms with Crippen LogP contribution in [0, 0.1) is 14.9 Å². The fourth-order valence-corrected chi connectivity index (χ4v) is 2.18. The normalized spacial score (nSPS) is 9.62. The summed E-state index contributed by atoms with van der Waals surface area (Å²) in [5.41, 5.74) is 0.861. The molecule has 0 aliphatic carbocycles. The van der Waals surface area contributed by atoms with E-state index >= 15 is 0 Å². The molecule has 0 radical (unpaired) electrons. The van der Waals surface area contributed by atoms with Gasteiger partial charge in [0.2, 0.25) is 0 Å². The molecule has 3 nitrogen and oxygen atoms in total. The van der Waals surface area contributed by atoms with Crippen molar-refractivity contribution < 1.29 is 9.53 Å². The average molecular weight is 394 g/mol. The van der Waals surface area contributed by atoms with Gasteiger partial charge in [0.25, 0.3) is 0 Å². The lowest BCUT2D eigenvalue weighted by molar-refractivity contribution is 0.102. The van der Waals surface area contributed by atoms with Crippen LogP contribution in [0.25, 0.3) is 0 Å². The van der Waals surface area contributed by atoms with E-state index in [9.17, 15) is 4.79 Å². The first-order valence-electron chi connectivity index (χ1n) is 4.59. The van der Waals surface area contributed by atoms with E-state index in [0.717, 1.165) is 3.57 Å². The van der Waals surface area contributed by atoms with Crippen molar-refractivity contribution in [2.75, 3.05) is 11.9 Å². The SMILES string of the molecule is CCOc1c(C#N)cc(I)cc1C(=O)CBr. The summed E-state index contributed by atoms with van der Waals surface area (Å²) < 4.78 is 6.22. The lowest BCUT2D eigenvalue weighted by atomic mass is 10.1. The van der Waals surface area contributed by atoms with Crippen LogP contribution in [-0.2, 0) is 0 Å². The van der Waals surface area contributed by atoms with Gasteiger partial charge in [0, 0.05) is 3.57 Å². The first-order chi connectivity index (χ1) is 7.63. The van der Waals surface area contributed by atoms with E-state index in [0.29, 0.717) is 23.5 Å². The third kappa shape index (κ3) is 2.95. The summed E-state index contributed by atoms with van der Waals surface area (Å²) >= 11 is 5.19. The molecule has 0 aromatic heterocycles. The number of nitrogens with zero attached hydrogens (tertiary/aromatic N) is 1. The van der Waals surface area contributed by atoms with Crippen molar-refractivity contribution in [1.29, 1.82) is 5.26 Å². The van der Waals surface area contributed by atoms with Gasteiger partial charge < -0.3 is 4.74 Å². The van der Waals surface area contributed by atoms with Crippen molar-refractivity contribution in [3.05, 3.63) is 26.8 Å². The van der Waals surface area contributed by atoms with Gasteiger partial charge in [-0.05, 0) is 41.6 Å². The zero-order valence-electron chi connectivity index (χ0n) is 8.59. The lowest BCUT2D eigenvalue weighted by Gasteiger charge is -2.10. The molecule has 5 heteroatoms. The number of carbonyl (C=O) groups is 1. The molecule has 1 aromatic rings. The first-order valence-corrected chi connectivity index (χ1v) is 6.79. The van der Waals surface area contributed by atoms with Crippen LogP contribution in [0.2, 0.25) is 0 Å². The Morgan fingerprint density at radius 1 is 1.62 bits per heavy atom. The van der Waals surface area contributed by atoms with E-state index in [1.807, 2.05) is 13.0 Å². The van der Waals surface area contributed by atoms with Gasteiger partial charge in [-0.15, -0.1) is 0 Å². The molecule has 0 bridgehead atoms. The Hall–Kier alpha value is -0.610. The zero-order valence-corrected chi connectivity index (χ0v) is 12.3. The van der Waals surface area contributed by atoms with Gasteiger partial charge in [0.05, 0.1) is 23.1 Å². The maximum atomic E-state index is 11.7. The number of ether oxygens (including phenoxy) is 1. The summed E-state index contributed by atoms with van der Waals surface area (Å²) in [5.74, 6) is 0.299. The predicted molar refractivity (Wildman–Crippen MR) is 73.2 cm³/mol. The summed E-state index contributed by atoms with van der Waals surface area (Å²) in [6.45, 7) is 2.25. The Morgan fingerprint density at radius 2 is 2.31 bits per heavy atom. The fraction of sp³-hybridized carbons (Fsp3) is 0.273. The molecule has 0 atom stereocenters. The van der Waals surface area contributed by atoms with E-state index in [1.165, 1.54) is 0 Å².